The van der Waals surface area contributed by atoms with Crippen LogP contribution in [-0.4, -0.2) is 23.9 Å². The van der Waals surface area contributed by atoms with E-state index < -0.39 is 0 Å². The first-order valence-electron chi connectivity index (χ1n) is 8.26. The van der Waals surface area contributed by atoms with Crippen LogP contribution in [0.5, 0.6) is 0 Å². The zero-order valence-corrected chi connectivity index (χ0v) is 14.1. The van der Waals surface area contributed by atoms with E-state index in [0.717, 1.165) is 25.2 Å². The Kier molecular flexibility index (Phi) is 6.82. The van der Waals surface area contributed by atoms with E-state index in [4.69, 9.17) is 0 Å². The Bertz CT molecular complexity index is 610. The van der Waals surface area contributed by atoms with Gasteiger partial charge in [0.1, 0.15) is 0 Å². The first-order chi connectivity index (χ1) is 11.2. The monoisotopic (exact) mass is 310 g/mol. The molecule has 2 aromatic rings. The summed E-state index contributed by atoms with van der Waals surface area (Å²) in [5.41, 5.74) is 3.65. The molecule has 0 aliphatic rings. The van der Waals surface area contributed by atoms with Crippen molar-refractivity contribution in [3.8, 4) is 0 Å². The maximum Gasteiger partial charge on any atom is 0.221 e. The van der Waals surface area contributed by atoms with Crippen LogP contribution in [0.2, 0.25) is 0 Å². The van der Waals surface area contributed by atoms with Crippen LogP contribution in [0.25, 0.3) is 0 Å². The highest BCUT2D eigenvalue weighted by Crippen LogP contribution is 2.06. The molecule has 0 spiro atoms. The maximum absolute atomic E-state index is 12.0. The minimum absolute atomic E-state index is 0.109. The van der Waals surface area contributed by atoms with Crippen molar-refractivity contribution in [2.45, 2.75) is 33.4 Å². The van der Waals surface area contributed by atoms with Crippen LogP contribution in [0.4, 0.5) is 0 Å². The molecule has 23 heavy (non-hydrogen) atoms. The van der Waals surface area contributed by atoms with E-state index >= 15 is 0 Å². The zero-order valence-electron chi connectivity index (χ0n) is 14.1. The van der Waals surface area contributed by atoms with Gasteiger partial charge in [-0.15, -0.1) is 0 Å². The van der Waals surface area contributed by atoms with Gasteiger partial charge in [-0.2, -0.15) is 0 Å². The molecule has 2 aromatic carbocycles. The molecule has 0 heterocycles. The van der Waals surface area contributed by atoms with Crippen molar-refractivity contribution in [2.24, 2.45) is 0 Å². The Morgan fingerprint density at radius 3 is 2.48 bits per heavy atom. The first-order valence-corrected chi connectivity index (χ1v) is 8.26. The molecule has 1 N–H and O–H groups in total. The molecule has 0 fully saturated rings. The fourth-order valence-corrected chi connectivity index (χ4v) is 2.56. The summed E-state index contributed by atoms with van der Waals surface area (Å²) in [6.45, 7) is 7.42. The van der Waals surface area contributed by atoms with Crippen molar-refractivity contribution < 1.29 is 4.79 Å². The third kappa shape index (κ3) is 6.25. The van der Waals surface area contributed by atoms with Gasteiger partial charge in [-0.25, -0.2) is 0 Å². The van der Waals surface area contributed by atoms with Crippen molar-refractivity contribution in [3.63, 3.8) is 0 Å². The molecule has 0 aliphatic heterocycles. The lowest BCUT2D eigenvalue weighted by molar-refractivity contribution is -0.121. The highest BCUT2D eigenvalue weighted by atomic mass is 16.1. The predicted octanol–water partition coefficient (Wildman–Crippen LogP) is 3.52. The van der Waals surface area contributed by atoms with E-state index in [0.29, 0.717) is 13.0 Å². The summed E-state index contributed by atoms with van der Waals surface area (Å²) in [6.07, 6.45) is 0.534. The average Bonchev–Trinajstić information content (AvgIpc) is 2.57. The van der Waals surface area contributed by atoms with E-state index in [1.54, 1.807) is 0 Å². The smallest absolute Gasteiger partial charge is 0.221 e. The number of benzene rings is 2. The van der Waals surface area contributed by atoms with E-state index in [9.17, 15) is 4.79 Å². The van der Waals surface area contributed by atoms with Crippen molar-refractivity contribution in [3.05, 3.63) is 71.3 Å². The molecule has 0 saturated carbocycles. The second-order valence-corrected chi connectivity index (χ2v) is 5.87. The van der Waals surface area contributed by atoms with Gasteiger partial charge in [-0.05, 0) is 24.6 Å². The summed E-state index contributed by atoms with van der Waals surface area (Å²) in [6, 6.07) is 18.6. The summed E-state index contributed by atoms with van der Waals surface area (Å²) in [5, 5.41) is 3.00. The summed E-state index contributed by atoms with van der Waals surface area (Å²) in [5.74, 6) is 0.109. The molecule has 0 bridgehead atoms. The first kappa shape index (κ1) is 17.2. The Hall–Kier alpha value is -2.13. The Balaban J connectivity index is 1.74. The molecular formula is C20H26N2O. The number of rotatable bonds is 8. The minimum atomic E-state index is 0.109. The van der Waals surface area contributed by atoms with Gasteiger partial charge in [0.05, 0.1) is 0 Å². The molecule has 0 aromatic heterocycles. The molecule has 0 radical (unpaired) electrons. The quantitative estimate of drug-likeness (QED) is 0.809. The lowest BCUT2D eigenvalue weighted by Gasteiger charge is -2.20. The number of carbonyl (C=O) groups is 1. The molecule has 0 saturated heterocycles. The highest BCUT2D eigenvalue weighted by Gasteiger charge is 2.07. The summed E-state index contributed by atoms with van der Waals surface area (Å²) in [4.78, 5) is 14.3. The second kappa shape index (κ2) is 9.11. The molecule has 0 unspecified atom stereocenters. The maximum atomic E-state index is 12.0. The second-order valence-electron chi connectivity index (χ2n) is 5.87. The summed E-state index contributed by atoms with van der Waals surface area (Å²) >= 11 is 0. The van der Waals surface area contributed by atoms with E-state index in [1.165, 1.54) is 11.1 Å². The third-order valence-corrected chi connectivity index (χ3v) is 3.92. The van der Waals surface area contributed by atoms with Crippen molar-refractivity contribution >= 4 is 5.91 Å². The molecule has 0 atom stereocenters. The van der Waals surface area contributed by atoms with E-state index in [1.807, 2.05) is 18.2 Å². The third-order valence-electron chi connectivity index (χ3n) is 3.92. The molecular weight excluding hydrogens is 284 g/mol. The number of nitrogens with zero attached hydrogens (tertiary/aromatic N) is 1. The van der Waals surface area contributed by atoms with Crippen molar-refractivity contribution in [1.82, 2.24) is 10.2 Å². The van der Waals surface area contributed by atoms with Gasteiger partial charge in [0, 0.05) is 26.1 Å². The normalized spacial score (nSPS) is 10.7. The lowest BCUT2D eigenvalue weighted by atomic mass is 10.1. The van der Waals surface area contributed by atoms with Crippen molar-refractivity contribution in [1.29, 1.82) is 0 Å². The van der Waals surface area contributed by atoms with Crippen LogP contribution in [0.15, 0.2) is 54.6 Å². The number of amides is 1. The minimum Gasteiger partial charge on any atom is -0.352 e. The average molecular weight is 310 g/mol. The van der Waals surface area contributed by atoms with Crippen LogP contribution in [0.3, 0.4) is 0 Å². The standard InChI is InChI=1S/C20H26N2O/c1-3-22(16-18-9-5-4-6-10-18)13-12-20(23)21-15-19-11-7-8-17(2)14-19/h4-11,14H,3,12-13,15-16H2,1-2H3,(H,21,23). The van der Waals surface area contributed by atoms with Gasteiger partial charge < -0.3 is 5.32 Å². The molecule has 122 valence electrons. The molecule has 0 aliphatic carbocycles. The summed E-state index contributed by atoms with van der Waals surface area (Å²) < 4.78 is 0. The van der Waals surface area contributed by atoms with E-state index in [-0.39, 0.29) is 5.91 Å². The number of nitrogens with one attached hydrogen (secondary N) is 1. The molecule has 3 heteroatoms. The van der Waals surface area contributed by atoms with Crippen LogP contribution in [-0.2, 0) is 17.9 Å². The van der Waals surface area contributed by atoms with Gasteiger partial charge >= 0.3 is 0 Å². The Labute approximate surface area is 139 Å². The molecule has 2 rings (SSSR count). The van der Waals surface area contributed by atoms with Crippen LogP contribution in [0.1, 0.15) is 30.0 Å². The van der Waals surface area contributed by atoms with E-state index in [2.05, 4.69) is 60.5 Å². The number of hydrogen-bond acceptors (Lipinski definition) is 2. The van der Waals surface area contributed by atoms with Crippen LogP contribution < -0.4 is 5.32 Å². The van der Waals surface area contributed by atoms with Gasteiger partial charge in [0.2, 0.25) is 5.91 Å². The van der Waals surface area contributed by atoms with Gasteiger partial charge in [-0.3, -0.25) is 9.69 Å². The summed E-state index contributed by atoms with van der Waals surface area (Å²) in [7, 11) is 0. The highest BCUT2D eigenvalue weighted by molar-refractivity contribution is 5.76. The Morgan fingerprint density at radius 1 is 1.04 bits per heavy atom. The van der Waals surface area contributed by atoms with Gasteiger partial charge in [0.15, 0.2) is 0 Å². The largest absolute Gasteiger partial charge is 0.352 e. The Morgan fingerprint density at radius 2 is 1.78 bits per heavy atom. The number of aryl methyl sites for hydroxylation is 1. The van der Waals surface area contributed by atoms with Gasteiger partial charge in [0.25, 0.3) is 0 Å². The fourth-order valence-electron chi connectivity index (χ4n) is 2.56. The fraction of sp³-hybridized carbons (Fsp3) is 0.350. The van der Waals surface area contributed by atoms with Crippen LogP contribution >= 0.6 is 0 Å². The SMILES string of the molecule is CCN(CCC(=O)NCc1cccc(C)c1)Cc1ccccc1. The number of hydrogen-bond donors (Lipinski definition) is 1. The van der Waals surface area contributed by atoms with Crippen molar-refractivity contribution in [2.75, 3.05) is 13.1 Å². The molecule has 3 nitrogen and oxygen atoms in total. The van der Waals surface area contributed by atoms with Gasteiger partial charge in [-0.1, -0.05) is 67.1 Å². The predicted molar refractivity (Wildman–Crippen MR) is 95.0 cm³/mol. The van der Waals surface area contributed by atoms with Crippen LogP contribution in [0, 0.1) is 6.92 Å². The molecule has 1 amide bonds. The lowest BCUT2D eigenvalue weighted by Crippen LogP contribution is -2.30. The topological polar surface area (TPSA) is 32.3 Å². The zero-order chi connectivity index (χ0) is 16.5. The number of carbonyl (C=O) groups excluding carboxylic acids is 1.